The lowest BCUT2D eigenvalue weighted by Gasteiger charge is -2.29. The fourth-order valence-electron chi connectivity index (χ4n) is 13.7. The molecule has 552 valence electrons. The number of nitrogen functional groups attached to an aromatic ring is 2. The van der Waals surface area contributed by atoms with E-state index in [1.165, 1.54) is 41.4 Å². The monoisotopic (exact) mass is 1480 g/mol. The van der Waals surface area contributed by atoms with Gasteiger partial charge in [-0.3, -0.25) is 24.2 Å². The van der Waals surface area contributed by atoms with E-state index in [1.54, 1.807) is 86.8 Å². The van der Waals surface area contributed by atoms with Gasteiger partial charge >= 0.3 is 27.1 Å². The number of esters is 2. The molecule has 12 atom stereocenters. The second kappa shape index (κ2) is 31.6. The summed E-state index contributed by atoms with van der Waals surface area (Å²) in [7, 11) is -8.20. The van der Waals surface area contributed by atoms with Crippen LogP contribution in [-0.4, -0.2) is 141 Å². The molecule has 14 rings (SSSR count). The Balaban J connectivity index is 0.000000155. The van der Waals surface area contributed by atoms with Gasteiger partial charge in [0.05, 0.1) is 47.1 Å². The van der Waals surface area contributed by atoms with Gasteiger partial charge in [0, 0.05) is 22.9 Å². The third-order valence-electron chi connectivity index (χ3n) is 19.1. The maximum Gasteiger partial charge on any atom is 0.431 e. The Morgan fingerprint density at radius 2 is 1.11 bits per heavy atom. The number of fused-ring (bicyclic) bond motifs is 5. The van der Waals surface area contributed by atoms with Crippen molar-refractivity contribution in [1.82, 2.24) is 29.2 Å². The first-order valence-corrected chi connectivity index (χ1v) is 38.0. The van der Waals surface area contributed by atoms with Gasteiger partial charge in [-0.15, -0.1) is 0 Å². The summed E-state index contributed by atoms with van der Waals surface area (Å²) in [4.78, 5) is 44.3. The highest BCUT2D eigenvalue weighted by Gasteiger charge is 2.64. The molecule has 7 heterocycles. The smallest absolute Gasteiger partial charge is 0.431 e. The third-order valence-corrected chi connectivity index (χ3v) is 23.1. The first kappa shape index (κ1) is 75.0. The number of nitro benzene ring substituents is 1. The number of carbonyl (C=O) groups is 2. The molecule has 9 aromatic rings. The zero-order chi connectivity index (χ0) is 74.4. The largest absolute Gasteiger partial charge is 0.462 e. The van der Waals surface area contributed by atoms with Gasteiger partial charge < -0.3 is 68.8 Å². The summed E-state index contributed by atoms with van der Waals surface area (Å²) < 4.78 is 90.5. The Labute approximate surface area is 603 Å². The van der Waals surface area contributed by atoms with E-state index in [0.717, 1.165) is 80.4 Å². The van der Waals surface area contributed by atoms with Gasteiger partial charge in [0.1, 0.15) is 109 Å². The molecule has 105 heavy (non-hydrogen) atoms. The van der Waals surface area contributed by atoms with Crippen molar-refractivity contribution in [2.45, 2.75) is 158 Å². The van der Waals surface area contributed by atoms with Gasteiger partial charge in [-0.2, -0.15) is 20.7 Å². The number of nitrogens with two attached hydrogens (primary N) is 2. The fraction of sp³-hybridized carbons (Fsp3) is 0.425. The number of aromatic nitrogens is 6. The van der Waals surface area contributed by atoms with E-state index < -0.39 is 111 Å². The Morgan fingerprint density at radius 3 is 1.62 bits per heavy atom. The lowest BCUT2D eigenvalue weighted by Crippen LogP contribution is -2.45. The third kappa shape index (κ3) is 16.4. The number of nitro groups is 1. The zero-order valence-corrected chi connectivity index (χ0v) is 59.8. The number of hydrogen-bond donors (Lipinski definition) is 5. The highest BCUT2D eigenvalue weighted by atomic mass is 31.2. The number of non-ortho nitro benzene ring substituents is 1. The van der Waals surface area contributed by atoms with Crippen LogP contribution in [0.15, 0.2) is 146 Å². The molecule has 3 saturated heterocycles. The van der Waals surface area contributed by atoms with E-state index in [-0.39, 0.29) is 47.5 Å². The molecule has 5 aromatic carbocycles. The van der Waals surface area contributed by atoms with Crippen molar-refractivity contribution in [1.29, 1.82) is 10.5 Å². The van der Waals surface area contributed by atoms with Crippen molar-refractivity contribution in [3.05, 3.63) is 168 Å². The minimum atomic E-state index is -4.26. The van der Waals surface area contributed by atoms with Crippen LogP contribution in [0, 0.1) is 44.6 Å². The van der Waals surface area contributed by atoms with Crippen molar-refractivity contribution in [3.63, 3.8) is 0 Å². The molecule has 30 nitrogen and oxygen atoms in total. The van der Waals surface area contributed by atoms with E-state index in [0.29, 0.717) is 39.4 Å². The standard InChI is InChI=1S/C32H36N5O8P.C26H28NO7P.C15H17N5O4/c1-20(31(40)43-22-10-3-2-4-11-22)16-46(41,45-26-13-7-9-21-8-5-6-12-23(21)26)42-18-32(17-33)29(39)27(38)28(44-32)24-14-15-25-30(34)35-19-36-37(24)25;1-19(26(28)32-22-10-3-2-4-11-22)18-35(31,33-23-16-14-21(15-17-23)27(29)30)34-25-13-7-9-20-8-5-6-12-24(20)25;1-14(2)22-11-10(23-15(5-16,6-21)12(11)24-14)8-3-4-9-13(17)18-7-19-20(8)9/h5-9,12-15,19-20,22,27-29,38-39H,2-4,10-11,16,18H2,1H3,(H2,34,35,36);5-9,12-17,19,22H,2-4,10-11,18H2,1H3;3-4,7,10-12,21H,6H2,1-2H3,(H2,17,18,19)/t20-,27+,28+,29+,32-,46?;19-,35?;10-,11-,12-,15+/m110/s1. The Hall–Kier alpha value is -9.68. The second-order valence-electron chi connectivity index (χ2n) is 27.1. The number of anilines is 2. The van der Waals surface area contributed by atoms with Crippen LogP contribution in [0.25, 0.3) is 32.6 Å². The topological polar surface area (TPSA) is 424 Å². The first-order chi connectivity index (χ1) is 50.4. The number of hydrogen-bond acceptors (Lipinski definition) is 27. The highest BCUT2D eigenvalue weighted by molar-refractivity contribution is 7.55. The molecular weight excluding hydrogens is 1400 g/mol. The van der Waals surface area contributed by atoms with Gasteiger partial charge in [0.2, 0.25) is 11.2 Å². The maximum atomic E-state index is 14.6. The van der Waals surface area contributed by atoms with Crippen molar-refractivity contribution in [3.8, 4) is 29.4 Å². The van der Waals surface area contributed by atoms with E-state index in [1.807, 2.05) is 66.7 Å². The Bertz CT molecular complexity index is 4820. The molecule has 5 aliphatic rings. The molecule has 2 aliphatic carbocycles. The molecule has 0 bridgehead atoms. The van der Waals surface area contributed by atoms with E-state index in [2.05, 4.69) is 20.2 Å². The maximum absolute atomic E-state index is 14.6. The molecular formula is C73H81N11O19P2. The first-order valence-electron chi connectivity index (χ1n) is 34.6. The number of ether oxygens (including phenoxy) is 6. The van der Waals surface area contributed by atoms with Crippen LogP contribution < -0.4 is 25.0 Å². The molecule has 4 aromatic heterocycles. The molecule has 2 unspecified atom stereocenters. The molecule has 0 spiro atoms. The number of aliphatic hydroxyl groups excluding tert-OH is 3. The average Bonchev–Trinajstić information content (AvgIpc) is 1.57. The SMILES string of the molecule is CC1(C)O[C@H]2[C@H](c3ccc4c(N)ncnn34)O[C@](C#N)(CO)[C@H]2O1.C[C@H](CP(=O)(OC[C@@]1(C#N)O[C@@H](c2ccc3c(N)ncnn23)[C@H](O)[C@@H]1O)Oc1cccc2ccccc12)C(=O)OC1CCCCC1.C[C@H](CP(=O)(Oc1ccc([N+](=O)[O-])cc1)Oc1cccc2ccccc12)C(=O)OC1CCCCC1. The Morgan fingerprint density at radius 1 is 0.638 bits per heavy atom. The van der Waals surface area contributed by atoms with Crippen LogP contribution in [0.4, 0.5) is 17.3 Å². The fourth-order valence-corrected chi connectivity index (χ4v) is 17.5. The number of nitrogens with zero attached hydrogens (tertiary/aromatic N) is 9. The number of aliphatic hydroxyl groups is 3. The van der Waals surface area contributed by atoms with Gasteiger partial charge in [-0.05, 0) is 125 Å². The van der Waals surface area contributed by atoms with Crippen molar-refractivity contribution in [2.24, 2.45) is 11.8 Å². The predicted molar refractivity (Wildman–Crippen MR) is 380 cm³/mol. The van der Waals surface area contributed by atoms with Gasteiger partial charge in [-0.1, -0.05) is 99.5 Å². The van der Waals surface area contributed by atoms with Crippen LogP contribution in [0.5, 0.6) is 17.2 Å². The minimum Gasteiger partial charge on any atom is -0.462 e. The summed E-state index contributed by atoms with van der Waals surface area (Å²) in [5.74, 6) is -2.18. The van der Waals surface area contributed by atoms with E-state index in [4.69, 9.17) is 58.0 Å². The van der Waals surface area contributed by atoms with Crippen LogP contribution in [0.1, 0.15) is 115 Å². The highest BCUT2D eigenvalue weighted by Crippen LogP contribution is 2.55. The van der Waals surface area contributed by atoms with Crippen LogP contribution in [-0.2, 0) is 51.7 Å². The number of carbonyl (C=O) groups excluding carboxylic acids is 2. The molecule has 3 aliphatic heterocycles. The summed E-state index contributed by atoms with van der Waals surface area (Å²) in [6, 6.07) is 41.5. The molecule has 0 radical (unpaired) electrons. The molecule has 7 N–H and O–H groups in total. The van der Waals surface area contributed by atoms with Crippen molar-refractivity contribution in [2.75, 3.05) is 37.0 Å². The Kier molecular flexibility index (Phi) is 22.6. The minimum absolute atomic E-state index is 0.118. The summed E-state index contributed by atoms with van der Waals surface area (Å²) in [6.07, 6.45) is 4.65. The van der Waals surface area contributed by atoms with E-state index in [9.17, 15) is 54.7 Å². The number of nitriles is 2. The summed E-state index contributed by atoms with van der Waals surface area (Å²) in [6.45, 7) is 5.51. The average molecular weight is 1480 g/mol. The molecule has 0 amide bonds. The summed E-state index contributed by atoms with van der Waals surface area (Å²) >= 11 is 0. The zero-order valence-electron chi connectivity index (χ0n) is 58.0. The lowest BCUT2D eigenvalue weighted by atomic mass is 9.96. The quantitative estimate of drug-likeness (QED) is 0.0193. The predicted octanol–water partition coefficient (Wildman–Crippen LogP) is 11.4. The van der Waals surface area contributed by atoms with Crippen LogP contribution in [0.2, 0.25) is 0 Å². The molecule has 2 saturated carbocycles. The molecule has 32 heteroatoms. The summed E-state index contributed by atoms with van der Waals surface area (Å²) in [5, 5.41) is 74.3. The second-order valence-corrected chi connectivity index (χ2v) is 31.1. The van der Waals surface area contributed by atoms with Crippen LogP contribution >= 0.6 is 15.2 Å². The van der Waals surface area contributed by atoms with Crippen LogP contribution in [0.3, 0.4) is 0 Å². The number of benzene rings is 5. The van der Waals surface area contributed by atoms with Gasteiger partial charge in [0.25, 0.3) is 5.69 Å². The normalized spacial score (nSPS) is 24.6. The summed E-state index contributed by atoms with van der Waals surface area (Å²) in [5.41, 5.74) is 10.1. The molecule has 5 fully saturated rings. The van der Waals surface area contributed by atoms with Crippen molar-refractivity contribution < 1.29 is 85.5 Å². The van der Waals surface area contributed by atoms with E-state index >= 15 is 0 Å². The van der Waals surface area contributed by atoms with Crippen molar-refractivity contribution >= 4 is 77.0 Å². The van der Waals surface area contributed by atoms with Gasteiger partial charge in [-0.25, -0.2) is 28.1 Å². The van der Waals surface area contributed by atoms with Gasteiger partial charge in [0.15, 0.2) is 17.4 Å². The lowest BCUT2D eigenvalue weighted by molar-refractivity contribution is -0.384. The number of rotatable bonds is 21.